The molecule has 0 unspecified atom stereocenters. The van der Waals surface area contributed by atoms with Gasteiger partial charge in [0.05, 0.1) is 13.0 Å². The van der Waals surface area contributed by atoms with Gasteiger partial charge in [0.15, 0.2) is 0 Å². The van der Waals surface area contributed by atoms with Crippen LogP contribution in [-0.4, -0.2) is 23.9 Å². The van der Waals surface area contributed by atoms with Gasteiger partial charge in [0.2, 0.25) is 0 Å². The van der Waals surface area contributed by atoms with Gasteiger partial charge in [0, 0.05) is 16.5 Å². The fraction of sp³-hybridized carbons (Fsp3) is 0.154. The number of benzene rings is 1. The average Bonchev–Trinajstić information content (AvgIpc) is 2.78. The first-order valence-electron chi connectivity index (χ1n) is 5.00. The molecular formula is C13H10ClNO2. The Morgan fingerprint density at radius 3 is 3.00 bits per heavy atom. The predicted octanol–water partition coefficient (Wildman–Crippen LogP) is 2.54. The molecular weight excluding hydrogens is 238 g/mol. The van der Waals surface area contributed by atoms with E-state index in [9.17, 15) is 4.79 Å². The van der Waals surface area contributed by atoms with Crippen LogP contribution in [0.5, 0.6) is 0 Å². The van der Waals surface area contributed by atoms with Crippen LogP contribution in [0.1, 0.15) is 16.1 Å². The summed E-state index contributed by atoms with van der Waals surface area (Å²) >= 11 is 5.49. The van der Waals surface area contributed by atoms with Crippen molar-refractivity contribution in [3.8, 4) is 11.8 Å². The Morgan fingerprint density at radius 1 is 1.47 bits per heavy atom. The second-order valence-corrected chi connectivity index (χ2v) is 3.68. The number of carbonyl (C=O) groups is 1. The predicted molar refractivity (Wildman–Crippen MR) is 67.2 cm³/mol. The molecule has 86 valence electrons. The highest BCUT2D eigenvalue weighted by Crippen LogP contribution is 2.17. The molecule has 1 aromatic carbocycles. The van der Waals surface area contributed by atoms with Gasteiger partial charge in [-0.15, -0.1) is 11.6 Å². The number of aromatic nitrogens is 1. The summed E-state index contributed by atoms with van der Waals surface area (Å²) in [5.41, 5.74) is 2.15. The van der Waals surface area contributed by atoms with Crippen LogP contribution in [0.4, 0.5) is 0 Å². The third-order valence-electron chi connectivity index (χ3n) is 2.33. The fourth-order valence-electron chi connectivity index (χ4n) is 1.56. The van der Waals surface area contributed by atoms with Crippen LogP contribution in [0, 0.1) is 11.8 Å². The minimum atomic E-state index is -0.380. The smallest absolute Gasteiger partial charge is 0.354 e. The molecule has 17 heavy (non-hydrogen) atoms. The van der Waals surface area contributed by atoms with E-state index in [-0.39, 0.29) is 5.97 Å². The minimum absolute atomic E-state index is 0.302. The van der Waals surface area contributed by atoms with Gasteiger partial charge in [0.25, 0.3) is 0 Å². The van der Waals surface area contributed by atoms with Crippen molar-refractivity contribution in [3.05, 3.63) is 35.5 Å². The number of carbonyl (C=O) groups excluding carboxylic acids is 1. The van der Waals surface area contributed by atoms with Crippen molar-refractivity contribution in [2.45, 2.75) is 0 Å². The minimum Gasteiger partial charge on any atom is -0.464 e. The summed E-state index contributed by atoms with van der Waals surface area (Å²) < 4.78 is 4.65. The molecule has 0 saturated carbocycles. The Kier molecular flexibility index (Phi) is 3.36. The van der Waals surface area contributed by atoms with Crippen LogP contribution in [0.25, 0.3) is 10.9 Å². The van der Waals surface area contributed by atoms with E-state index in [1.54, 1.807) is 6.07 Å². The molecule has 2 rings (SSSR count). The van der Waals surface area contributed by atoms with Gasteiger partial charge < -0.3 is 9.72 Å². The van der Waals surface area contributed by atoms with Crippen molar-refractivity contribution < 1.29 is 9.53 Å². The molecule has 0 radical (unpaired) electrons. The summed E-state index contributed by atoms with van der Waals surface area (Å²) in [6.45, 7) is 0. The first-order chi connectivity index (χ1) is 8.24. The van der Waals surface area contributed by atoms with Crippen LogP contribution in [0.3, 0.4) is 0 Å². The number of rotatable bonds is 1. The molecule has 0 atom stereocenters. The zero-order valence-corrected chi connectivity index (χ0v) is 9.97. The van der Waals surface area contributed by atoms with E-state index in [2.05, 4.69) is 21.6 Å². The van der Waals surface area contributed by atoms with Gasteiger partial charge in [-0.05, 0) is 18.2 Å². The molecule has 4 heteroatoms. The van der Waals surface area contributed by atoms with Gasteiger partial charge in [-0.1, -0.05) is 17.9 Å². The lowest BCUT2D eigenvalue weighted by atomic mass is 10.2. The molecule has 0 bridgehead atoms. The number of H-pyrrole nitrogens is 1. The third kappa shape index (κ3) is 2.43. The molecule has 0 saturated heterocycles. The summed E-state index contributed by atoms with van der Waals surface area (Å²) in [5, 5.41) is 0.946. The molecule has 0 aliphatic rings. The summed E-state index contributed by atoms with van der Waals surface area (Å²) in [5.74, 6) is 5.62. The van der Waals surface area contributed by atoms with Crippen molar-refractivity contribution in [2.24, 2.45) is 0 Å². The quantitative estimate of drug-likeness (QED) is 0.478. The van der Waals surface area contributed by atoms with E-state index in [1.165, 1.54) is 7.11 Å². The van der Waals surface area contributed by atoms with Gasteiger partial charge in [-0.25, -0.2) is 4.79 Å². The Hall–Kier alpha value is -1.92. The SMILES string of the molecule is COC(=O)c1cc2ccc(C#CCCl)cc2[nH]1. The topological polar surface area (TPSA) is 42.1 Å². The van der Waals surface area contributed by atoms with Crippen LogP contribution in [-0.2, 0) is 4.74 Å². The molecule has 1 aromatic heterocycles. The van der Waals surface area contributed by atoms with E-state index in [1.807, 2.05) is 18.2 Å². The molecule has 0 spiro atoms. The molecule has 0 fully saturated rings. The number of halogens is 1. The van der Waals surface area contributed by atoms with Gasteiger partial charge in [-0.2, -0.15) is 0 Å². The molecule has 0 amide bonds. The maximum absolute atomic E-state index is 11.3. The van der Waals surface area contributed by atoms with E-state index in [0.29, 0.717) is 11.6 Å². The number of fused-ring (bicyclic) bond motifs is 1. The van der Waals surface area contributed by atoms with Gasteiger partial charge in [0.1, 0.15) is 5.69 Å². The second-order valence-electron chi connectivity index (χ2n) is 3.41. The normalized spacial score (nSPS) is 9.76. The van der Waals surface area contributed by atoms with Crippen molar-refractivity contribution in [3.63, 3.8) is 0 Å². The Balaban J connectivity index is 2.44. The summed E-state index contributed by atoms with van der Waals surface area (Å²) in [6, 6.07) is 7.41. The second kappa shape index (κ2) is 4.94. The highest BCUT2D eigenvalue weighted by Gasteiger charge is 2.08. The van der Waals surface area contributed by atoms with Gasteiger partial charge >= 0.3 is 5.97 Å². The number of esters is 1. The zero-order chi connectivity index (χ0) is 12.3. The highest BCUT2D eigenvalue weighted by molar-refractivity contribution is 6.19. The van der Waals surface area contributed by atoms with Crippen LogP contribution >= 0.6 is 11.6 Å². The third-order valence-corrected chi connectivity index (χ3v) is 2.46. The van der Waals surface area contributed by atoms with Crippen molar-refractivity contribution in [1.82, 2.24) is 4.98 Å². The monoisotopic (exact) mass is 247 g/mol. The first kappa shape index (κ1) is 11.6. The highest BCUT2D eigenvalue weighted by atomic mass is 35.5. The fourth-order valence-corrected chi connectivity index (χ4v) is 1.63. The summed E-state index contributed by atoms with van der Waals surface area (Å²) in [4.78, 5) is 14.3. The lowest BCUT2D eigenvalue weighted by Crippen LogP contribution is -2.00. The molecule has 1 heterocycles. The van der Waals surface area contributed by atoms with E-state index in [4.69, 9.17) is 11.6 Å². The number of hydrogen-bond donors (Lipinski definition) is 1. The number of alkyl halides is 1. The Morgan fingerprint density at radius 2 is 2.29 bits per heavy atom. The van der Waals surface area contributed by atoms with Crippen molar-refractivity contribution in [1.29, 1.82) is 0 Å². The van der Waals surface area contributed by atoms with E-state index in [0.717, 1.165) is 16.5 Å². The van der Waals surface area contributed by atoms with Crippen LogP contribution < -0.4 is 0 Å². The molecule has 0 aliphatic carbocycles. The lowest BCUT2D eigenvalue weighted by molar-refractivity contribution is 0.0595. The Labute approximate surface area is 104 Å². The summed E-state index contributed by atoms with van der Waals surface area (Å²) in [6.07, 6.45) is 0. The molecule has 2 aromatic rings. The van der Waals surface area contributed by atoms with E-state index >= 15 is 0 Å². The lowest BCUT2D eigenvalue weighted by Gasteiger charge is -1.92. The van der Waals surface area contributed by atoms with Gasteiger partial charge in [-0.3, -0.25) is 0 Å². The molecule has 1 N–H and O–H groups in total. The van der Waals surface area contributed by atoms with Crippen molar-refractivity contribution in [2.75, 3.05) is 13.0 Å². The maximum atomic E-state index is 11.3. The number of methoxy groups -OCH3 is 1. The Bertz CT molecular complexity index is 619. The molecule has 0 aliphatic heterocycles. The number of ether oxygens (including phenoxy) is 1. The summed E-state index contributed by atoms with van der Waals surface area (Å²) in [7, 11) is 1.35. The zero-order valence-electron chi connectivity index (χ0n) is 9.21. The standard InChI is InChI=1S/C13H10ClNO2/c1-17-13(16)12-8-10-5-4-9(3-2-6-14)7-11(10)15-12/h4-5,7-8,15H,6H2,1H3. The molecule has 3 nitrogen and oxygen atoms in total. The first-order valence-corrected chi connectivity index (χ1v) is 5.54. The maximum Gasteiger partial charge on any atom is 0.354 e. The van der Waals surface area contributed by atoms with Crippen molar-refractivity contribution >= 4 is 28.5 Å². The van der Waals surface area contributed by atoms with Crippen LogP contribution in [0.2, 0.25) is 0 Å². The van der Waals surface area contributed by atoms with Crippen LogP contribution in [0.15, 0.2) is 24.3 Å². The average molecular weight is 248 g/mol. The number of aromatic amines is 1. The van der Waals surface area contributed by atoms with E-state index < -0.39 is 0 Å². The largest absolute Gasteiger partial charge is 0.464 e. The number of hydrogen-bond acceptors (Lipinski definition) is 2. The number of nitrogens with one attached hydrogen (secondary N) is 1.